The molecule has 1 rings (SSSR count). The van der Waals surface area contributed by atoms with Crippen molar-refractivity contribution in [2.75, 3.05) is 13.2 Å². The van der Waals surface area contributed by atoms with Crippen molar-refractivity contribution in [2.24, 2.45) is 0 Å². The second-order valence-corrected chi connectivity index (χ2v) is 18.7. The molecular formula is C52H101NO8. The van der Waals surface area contributed by atoms with Crippen molar-refractivity contribution in [3.8, 4) is 0 Å². The van der Waals surface area contributed by atoms with Gasteiger partial charge in [-0.3, -0.25) is 4.79 Å². The molecule has 9 heteroatoms. The van der Waals surface area contributed by atoms with E-state index in [1.807, 2.05) is 6.08 Å². The number of amides is 1. The Hall–Kier alpha value is -1.07. The Bertz CT molecular complexity index is 966. The molecule has 7 atom stereocenters. The molecule has 1 aliphatic heterocycles. The zero-order chi connectivity index (χ0) is 44.4. The molecule has 7 unspecified atom stereocenters. The topological polar surface area (TPSA) is 149 Å². The van der Waals surface area contributed by atoms with Gasteiger partial charge in [-0.1, -0.05) is 244 Å². The largest absolute Gasteiger partial charge is 0.394 e. The summed E-state index contributed by atoms with van der Waals surface area (Å²) in [5, 5.41) is 54.0. The summed E-state index contributed by atoms with van der Waals surface area (Å²) in [6.45, 7) is 3.75. The monoisotopic (exact) mass is 868 g/mol. The molecule has 9 nitrogen and oxygen atoms in total. The highest BCUT2D eigenvalue weighted by molar-refractivity contribution is 5.76. The Morgan fingerprint density at radius 3 is 1.28 bits per heavy atom. The Kier molecular flexibility index (Phi) is 40.7. The smallest absolute Gasteiger partial charge is 0.220 e. The lowest BCUT2D eigenvalue weighted by molar-refractivity contribution is -0.302. The highest BCUT2D eigenvalue weighted by Gasteiger charge is 2.44. The zero-order valence-corrected chi connectivity index (χ0v) is 39.9. The molecule has 1 heterocycles. The van der Waals surface area contributed by atoms with E-state index >= 15 is 0 Å². The van der Waals surface area contributed by atoms with E-state index < -0.39 is 49.5 Å². The highest BCUT2D eigenvalue weighted by atomic mass is 16.7. The molecule has 0 spiro atoms. The standard InChI is InChI=1S/C52H101NO8/c1-3-5-7-9-11-13-14-15-16-17-18-19-20-21-22-23-24-25-26-27-28-29-30-31-32-33-34-36-38-40-42-48(56)53-45(46(55)41-39-37-35-12-10-8-6-4-2)44-60-52-51(59)50(58)49(57)47(43-54)61-52/h39,41,45-47,49-52,54-55,57-59H,3-38,40,42-44H2,1-2H3,(H,53,56)/b41-39+. The Morgan fingerprint density at radius 1 is 0.541 bits per heavy atom. The Morgan fingerprint density at radius 2 is 0.902 bits per heavy atom. The maximum absolute atomic E-state index is 12.9. The van der Waals surface area contributed by atoms with Crippen LogP contribution < -0.4 is 5.32 Å². The van der Waals surface area contributed by atoms with Gasteiger partial charge < -0.3 is 40.3 Å². The van der Waals surface area contributed by atoms with Crippen LogP contribution in [0, 0.1) is 0 Å². The van der Waals surface area contributed by atoms with Gasteiger partial charge in [0.2, 0.25) is 5.91 Å². The molecule has 0 bridgehead atoms. The number of hydrogen-bond acceptors (Lipinski definition) is 8. The fourth-order valence-electron chi connectivity index (χ4n) is 8.63. The van der Waals surface area contributed by atoms with Gasteiger partial charge in [0, 0.05) is 6.42 Å². The summed E-state index contributed by atoms with van der Waals surface area (Å²) in [7, 11) is 0. The van der Waals surface area contributed by atoms with Crippen LogP contribution in [-0.4, -0.2) is 87.5 Å². The molecule has 1 aliphatic rings. The molecule has 61 heavy (non-hydrogen) atoms. The van der Waals surface area contributed by atoms with E-state index in [1.165, 1.54) is 199 Å². The van der Waals surface area contributed by atoms with Gasteiger partial charge in [-0.05, 0) is 19.3 Å². The number of rotatable bonds is 45. The number of carbonyl (C=O) groups is 1. The fraction of sp³-hybridized carbons (Fsp3) is 0.942. The second kappa shape index (κ2) is 42.9. The molecule has 0 aromatic carbocycles. The predicted molar refractivity (Wildman–Crippen MR) is 254 cm³/mol. The number of hydrogen-bond donors (Lipinski definition) is 6. The summed E-state index contributed by atoms with van der Waals surface area (Å²) in [6.07, 6.45) is 44.6. The summed E-state index contributed by atoms with van der Waals surface area (Å²) in [4.78, 5) is 12.9. The molecule has 0 aromatic rings. The Labute approximate surface area is 376 Å². The summed E-state index contributed by atoms with van der Waals surface area (Å²) in [6, 6.07) is -0.797. The van der Waals surface area contributed by atoms with Crippen LogP contribution in [0.5, 0.6) is 0 Å². The minimum atomic E-state index is -1.56. The van der Waals surface area contributed by atoms with Gasteiger partial charge in [0.25, 0.3) is 0 Å². The van der Waals surface area contributed by atoms with E-state index in [0.717, 1.165) is 38.5 Å². The summed E-state index contributed by atoms with van der Waals surface area (Å²) < 4.78 is 11.2. The lowest BCUT2D eigenvalue weighted by Gasteiger charge is -2.40. The Balaban J connectivity index is 2.07. The van der Waals surface area contributed by atoms with Crippen molar-refractivity contribution < 1.29 is 39.8 Å². The van der Waals surface area contributed by atoms with Crippen LogP contribution >= 0.6 is 0 Å². The van der Waals surface area contributed by atoms with Crippen LogP contribution in [0.25, 0.3) is 0 Å². The molecule has 1 amide bonds. The van der Waals surface area contributed by atoms with Gasteiger partial charge in [-0.2, -0.15) is 0 Å². The van der Waals surface area contributed by atoms with Crippen LogP contribution in [0.15, 0.2) is 12.2 Å². The zero-order valence-electron chi connectivity index (χ0n) is 39.9. The van der Waals surface area contributed by atoms with Gasteiger partial charge in [0.05, 0.1) is 25.4 Å². The SMILES string of the molecule is CCCCCCCC/C=C/C(O)C(COC1OC(CO)C(O)C(O)C1O)NC(=O)CCCCCCCCCCCCCCCCCCCCCCCCCCCCCCCC. The van der Waals surface area contributed by atoms with E-state index in [0.29, 0.717) is 6.42 Å². The van der Waals surface area contributed by atoms with Crippen molar-refractivity contribution in [1.82, 2.24) is 5.32 Å². The van der Waals surface area contributed by atoms with Crippen molar-refractivity contribution in [3.63, 3.8) is 0 Å². The quantitative estimate of drug-likeness (QED) is 0.0262. The average Bonchev–Trinajstić information content (AvgIpc) is 3.26. The summed E-state index contributed by atoms with van der Waals surface area (Å²) in [5.41, 5.74) is 0. The lowest BCUT2D eigenvalue weighted by atomic mass is 9.99. The highest BCUT2D eigenvalue weighted by Crippen LogP contribution is 2.23. The second-order valence-electron chi connectivity index (χ2n) is 18.7. The van der Waals surface area contributed by atoms with Crippen LogP contribution in [0.1, 0.15) is 258 Å². The molecule has 0 saturated carbocycles. The average molecular weight is 868 g/mol. The maximum atomic E-state index is 12.9. The first kappa shape index (κ1) is 57.9. The number of allylic oxidation sites excluding steroid dienone is 1. The minimum absolute atomic E-state index is 0.175. The van der Waals surface area contributed by atoms with Gasteiger partial charge in [-0.15, -0.1) is 0 Å². The summed E-state index contributed by atoms with van der Waals surface area (Å²) in [5.74, 6) is -0.175. The molecular weight excluding hydrogens is 767 g/mol. The van der Waals surface area contributed by atoms with Gasteiger partial charge in [-0.25, -0.2) is 0 Å². The van der Waals surface area contributed by atoms with E-state index in [1.54, 1.807) is 6.08 Å². The van der Waals surface area contributed by atoms with Crippen molar-refractivity contribution in [3.05, 3.63) is 12.2 Å². The first-order valence-corrected chi connectivity index (χ1v) is 26.4. The third-order valence-corrected chi connectivity index (χ3v) is 12.9. The first-order valence-electron chi connectivity index (χ1n) is 26.4. The summed E-state index contributed by atoms with van der Waals surface area (Å²) >= 11 is 0. The molecule has 0 radical (unpaired) electrons. The van der Waals surface area contributed by atoms with Crippen LogP contribution in [-0.2, 0) is 14.3 Å². The van der Waals surface area contributed by atoms with Crippen molar-refractivity contribution in [1.29, 1.82) is 0 Å². The molecule has 1 saturated heterocycles. The fourth-order valence-corrected chi connectivity index (χ4v) is 8.63. The van der Waals surface area contributed by atoms with Gasteiger partial charge >= 0.3 is 0 Å². The minimum Gasteiger partial charge on any atom is -0.394 e. The van der Waals surface area contributed by atoms with E-state index in [9.17, 15) is 30.3 Å². The van der Waals surface area contributed by atoms with Crippen molar-refractivity contribution >= 4 is 5.91 Å². The molecule has 1 fully saturated rings. The van der Waals surface area contributed by atoms with Crippen molar-refractivity contribution in [2.45, 2.75) is 301 Å². The number of ether oxygens (including phenoxy) is 2. The molecule has 362 valence electrons. The molecule has 0 aromatic heterocycles. The predicted octanol–water partition coefficient (Wildman–Crippen LogP) is 12.1. The van der Waals surface area contributed by atoms with Gasteiger partial charge in [0.15, 0.2) is 6.29 Å². The first-order chi connectivity index (χ1) is 29.8. The van der Waals surface area contributed by atoms with E-state index in [-0.39, 0.29) is 12.5 Å². The number of unbranched alkanes of at least 4 members (excludes halogenated alkanes) is 35. The molecule has 6 N–H and O–H groups in total. The maximum Gasteiger partial charge on any atom is 0.220 e. The van der Waals surface area contributed by atoms with Crippen LogP contribution in [0.4, 0.5) is 0 Å². The third kappa shape index (κ3) is 33.1. The number of carbonyl (C=O) groups excluding carboxylic acids is 1. The van der Waals surface area contributed by atoms with E-state index in [2.05, 4.69) is 19.2 Å². The number of aliphatic hydroxyl groups excluding tert-OH is 5. The van der Waals surface area contributed by atoms with Crippen LogP contribution in [0.3, 0.4) is 0 Å². The molecule has 0 aliphatic carbocycles. The third-order valence-electron chi connectivity index (χ3n) is 12.9. The lowest BCUT2D eigenvalue weighted by Crippen LogP contribution is -2.60. The number of aliphatic hydroxyl groups is 5. The van der Waals surface area contributed by atoms with Crippen LogP contribution in [0.2, 0.25) is 0 Å². The normalized spacial score (nSPS) is 20.4. The van der Waals surface area contributed by atoms with E-state index in [4.69, 9.17) is 9.47 Å². The van der Waals surface area contributed by atoms with Gasteiger partial charge in [0.1, 0.15) is 24.4 Å². The number of nitrogens with one attached hydrogen (secondary N) is 1.